The lowest BCUT2D eigenvalue weighted by Gasteiger charge is -2.30. The second kappa shape index (κ2) is 6.54. The minimum absolute atomic E-state index is 0.00115. The Morgan fingerprint density at radius 2 is 2.00 bits per heavy atom. The van der Waals surface area contributed by atoms with Crippen molar-refractivity contribution in [1.29, 1.82) is 0 Å². The van der Waals surface area contributed by atoms with Crippen LogP contribution >= 0.6 is 0 Å². The van der Waals surface area contributed by atoms with Crippen LogP contribution < -0.4 is 11.1 Å². The van der Waals surface area contributed by atoms with E-state index in [9.17, 15) is 4.79 Å². The molecule has 1 aromatic carbocycles. The zero-order valence-electron chi connectivity index (χ0n) is 11.3. The molecule has 104 valence electrons. The third kappa shape index (κ3) is 4.22. The normalized spacial score (nSPS) is 16.5. The van der Waals surface area contributed by atoms with Gasteiger partial charge >= 0.3 is 0 Å². The number of ether oxygens (including phenoxy) is 1. The van der Waals surface area contributed by atoms with E-state index in [1.165, 1.54) is 0 Å². The average Bonchev–Trinajstić information content (AvgIpc) is 2.42. The van der Waals surface area contributed by atoms with Crippen molar-refractivity contribution in [2.75, 3.05) is 37.9 Å². The molecule has 5 heteroatoms. The summed E-state index contributed by atoms with van der Waals surface area (Å²) in [6.07, 6.45) is 1.98. The van der Waals surface area contributed by atoms with E-state index < -0.39 is 0 Å². The highest BCUT2D eigenvalue weighted by atomic mass is 16.5. The van der Waals surface area contributed by atoms with Crippen molar-refractivity contribution in [3.63, 3.8) is 0 Å². The van der Waals surface area contributed by atoms with Gasteiger partial charge in [0.25, 0.3) is 0 Å². The number of carbonyl (C=O) groups excluding carboxylic acids is 1. The average molecular weight is 263 g/mol. The van der Waals surface area contributed by atoms with E-state index in [-0.39, 0.29) is 5.91 Å². The van der Waals surface area contributed by atoms with Crippen LogP contribution in [0, 0.1) is 0 Å². The van der Waals surface area contributed by atoms with Crippen LogP contribution in [0.25, 0.3) is 0 Å². The zero-order chi connectivity index (χ0) is 13.7. The molecule has 0 unspecified atom stereocenters. The van der Waals surface area contributed by atoms with Gasteiger partial charge in [-0.2, -0.15) is 0 Å². The highest BCUT2D eigenvalue weighted by Crippen LogP contribution is 2.13. The van der Waals surface area contributed by atoms with Gasteiger partial charge in [0.2, 0.25) is 5.91 Å². The number of benzene rings is 1. The van der Waals surface area contributed by atoms with Gasteiger partial charge in [-0.3, -0.25) is 9.69 Å². The molecule has 0 radical (unpaired) electrons. The number of anilines is 2. The van der Waals surface area contributed by atoms with Gasteiger partial charge in [0.15, 0.2) is 0 Å². The quantitative estimate of drug-likeness (QED) is 0.804. The Kier molecular flexibility index (Phi) is 4.76. The number of carbonyl (C=O) groups is 1. The summed E-state index contributed by atoms with van der Waals surface area (Å²) in [5.74, 6) is -0.00115. The van der Waals surface area contributed by atoms with Crippen LogP contribution in [0.15, 0.2) is 24.3 Å². The summed E-state index contributed by atoms with van der Waals surface area (Å²) >= 11 is 0. The minimum atomic E-state index is -0.00115. The van der Waals surface area contributed by atoms with Gasteiger partial charge < -0.3 is 15.8 Å². The largest absolute Gasteiger partial charge is 0.399 e. The van der Waals surface area contributed by atoms with Crippen LogP contribution in [-0.2, 0) is 9.53 Å². The molecule has 0 bridgehead atoms. The van der Waals surface area contributed by atoms with Gasteiger partial charge in [-0.1, -0.05) is 0 Å². The molecule has 0 atom stereocenters. The third-order valence-corrected chi connectivity index (χ3v) is 3.40. The predicted octanol–water partition coefficient (Wildman–Crippen LogP) is 1.32. The molecular weight excluding hydrogens is 242 g/mol. The third-order valence-electron chi connectivity index (χ3n) is 3.40. The van der Waals surface area contributed by atoms with E-state index in [1.54, 1.807) is 12.1 Å². The van der Waals surface area contributed by atoms with Crippen LogP contribution in [0.2, 0.25) is 0 Å². The standard InChI is InChI=1S/C14H21N3O2/c1-17(13-6-8-19-9-7-13)10-14(18)16-12-4-2-11(15)3-5-12/h2-5,13H,6-10,15H2,1H3,(H,16,18). The summed E-state index contributed by atoms with van der Waals surface area (Å²) in [6, 6.07) is 7.60. The molecule has 0 spiro atoms. The maximum Gasteiger partial charge on any atom is 0.238 e. The molecule has 1 aliphatic heterocycles. The second-order valence-corrected chi connectivity index (χ2v) is 4.93. The molecule has 3 N–H and O–H groups in total. The predicted molar refractivity (Wildman–Crippen MR) is 76.0 cm³/mol. The molecule has 1 aliphatic rings. The number of likely N-dealkylation sites (N-methyl/N-ethyl adjacent to an activating group) is 1. The molecule has 2 rings (SSSR count). The molecule has 1 heterocycles. The fourth-order valence-corrected chi connectivity index (χ4v) is 2.25. The monoisotopic (exact) mass is 263 g/mol. The van der Waals surface area contributed by atoms with E-state index >= 15 is 0 Å². The molecule has 1 aromatic rings. The summed E-state index contributed by atoms with van der Waals surface area (Å²) in [5.41, 5.74) is 7.07. The van der Waals surface area contributed by atoms with Crippen molar-refractivity contribution in [1.82, 2.24) is 4.90 Å². The molecule has 0 aliphatic carbocycles. The van der Waals surface area contributed by atoms with Crippen LogP contribution in [0.5, 0.6) is 0 Å². The van der Waals surface area contributed by atoms with Gasteiger partial charge in [-0.15, -0.1) is 0 Å². The summed E-state index contributed by atoms with van der Waals surface area (Å²) in [4.78, 5) is 14.0. The molecular formula is C14H21N3O2. The van der Waals surface area contributed by atoms with Crippen LogP contribution in [0.3, 0.4) is 0 Å². The first-order chi connectivity index (χ1) is 9.15. The smallest absolute Gasteiger partial charge is 0.238 e. The molecule has 5 nitrogen and oxygen atoms in total. The molecule has 1 saturated heterocycles. The highest BCUT2D eigenvalue weighted by molar-refractivity contribution is 5.92. The van der Waals surface area contributed by atoms with Gasteiger partial charge in [0.05, 0.1) is 6.54 Å². The van der Waals surface area contributed by atoms with Crippen molar-refractivity contribution in [3.05, 3.63) is 24.3 Å². The molecule has 1 amide bonds. The lowest BCUT2D eigenvalue weighted by molar-refractivity contribution is -0.118. The number of nitrogens with one attached hydrogen (secondary N) is 1. The van der Waals surface area contributed by atoms with Gasteiger partial charge in [0.1, 0.15) is 0 Å². The van der Waals surface area contributed by atoms with Crippen LogP contribution in [-0.4, -0.2) is 43.7 Å². The van der Waals surface area contributed by atoms with Gasteiger partial charge in [-0.05, 0) is 44.2 Å². The fourth-order valence-electron chi connectivity index (χ4n) is 2.25. The Balaban J connectivity index is 1.81. The van der Waals surface area contributed by atoms with E-state index in [4.69, 9.17) is 10.5 Å². The van der Waals surface area contributed by atoms with E-state index in [0.29, 0.717) is 18.3 Å². The number of rotatable bonds is 4. The number of nitrogens with two attached hydrogens (primary N) is 1. The fraction of sp³-hybridized carbons (Fsp3) is 0.500. The molecule has 0 saturated carbocycles. The highest BCUT2D eigenvalue weighted by Gasteiger charge is 2.20. The van der Waals surface area contributed by atoms with Crippen molar-refractivity contribution >= 4 is 17.3 Å². The minimum Gasteiger partial charge on any atom is -0.399 e. The first-order valence-electron chi connectivity index (χ1n) is 6.58. The van der Waals surface area contributed by atoms with Gasteiger partial charge in [0, 0.05) is 30.6 Å². The van der Waals surface area contributed by atoms with Gasteiger partial charge in [-0.25, -0.2) is 0 Å². The summed E-state index contributed by atoms with van der Waals surface area (Å²) in [5, 5.41) is 2.87. The summed E-state index contributed by atoms with van der Waals surface area (Å²) < 4.78 is 5.32. The number of hydrogen-bond donors (Lipinski definition) is 2. The first-order valence-corrected chi connectivity index (χ1v) is 6.58. The van der Waals surface area contributed by atoms with E-state index in [2.05, 4.69) is 10.2 Å². The maximum absolute atomic E-state index is 11.9. The number of nitrogens with zero attached hydrogens (tertiary/aromatic N) is 1. The number of amides is 1. The zero-order valence-corrected chi connectivity index (χ0v) is 11.3. The van der Waals surface area contributed by atoms with E-state index in [1.807, 2.05) is 19.2 Å². The Bertz CT molecular complexity index is 413. The van der Waals surface area contributed by atoms with Crippen LogP contribution in [0.1, 0.15) is 12.8 Å². The number of nitrogen functional groups attached to an aromatic ring is 1. The Morgan fingerprint density at radius 1 is 1.37 bits per heavy atom. The van der Waals surface area contributed by atoms with Crippen molar-refractivity contribution in [2.24, 2.45) is 0 Å². The van der Waals surface area contributed by atoms with Crippen LogP contribution in [0.4, 0.5) is 11.4 Å². The lowest BCUT2D eigenvalue weighted by atomic mass is 10.1. The first kappa shape index (κ1) is 13.8. The SMILES string of the molecule is CN(CC(=O)Nc1ccc(N)cc1)C1CCOCC1. The molecule has 1 fully saturated rings. The lowest BCUT2D eigenvalue weighted by Crippen LogP contribution is -2.41. The van der Waals surface area contributed by atoms with Crippen molar-refractivity contribution in [2.45, 2.75) is 18.9 Å². The Morgan fingerprint density at radius 3 is 2.63 bits per heavy atom. The number of hydrogen-bond acceptors (Lipinski definition) is 4. The maximum atomic E-state index is 11.9. The summed E-state index contributed by atoms with van der Waals surface area (Å²) in [6.45, 7) is 1.97. The Labute approximate surface area is 113 Å². The van der Waals surface area contributed by atoms with E-state index in [0.717, 1.165) is 31.7 Å². The van der Waals surface area contributed by atoms with Crippen molar-refractivity contribution < 1.29 is 9.53 Å². The topological polar surface area (TPSA) is 67.6 Å². The molecule has 19 heavy (non-hydrogen) atoms. The second-order valence-electron chi connectivity index (χ2n) is 4.93. The Hall–Kier alpha value is -1.59. The summed E-state index contributed by atoms with van der Waals surface area (Å²) in [7, 11) is 1.98. The van der Waals surface area contributed by atoms with Crippen molar-refractivity contribution in [3.8, 4) is 0 Å². The molecule has 0 aromatic heterocycles.